The molecule has 1 N–H and O–H groups in total. The molecule has 1 atom stereocenters. The van der Waals surface area contributed by atoms with Crippen LogP contribution in [0.15, 0.2) is 12.1 Å². The minimum absolute atomic E-state index is 0.0188. The van der Waals surface area contributed by atoms with E-state index in [1.807, 2.05) is 19.1 Å². The van der Waals surface area contributed by atoms with E-state index in [4.69, 9.17) is 23.2 Å². The Bertz CT molecular complexity index is 327. The summed E-state index contributed by atoms with van der Waals surface area (Å²) >= 11 is 12.8. The lowest BCUT2D eigenvalue weighted by Gasteiger charge is -2.11. The summed E-state index contributed by atoms with van der Waals surface area (Å²) in [5.41, 5.74) is 0. The SMILES string of the molecule is CC(NC(=O)CCCCl)c1ccc(Cl)s1. The standard InChI is InChI=1S/C10H13Cl2NOS/c1-7(8-4-5-9(12)15-8)13-10(14)3-2-6-11/h4-5,7H,2-3,6H2,1H3,(H,13,14). The van der Waals surface area contributed by atoms with E-state index in [2.05, 4.69) is 5.32 Å². The Morgan fingerprint density at radius 2 is 2.33 bits per heavy atom. The van der Waals surface area contributed by atoms with Gasteiger partial charge in [-0.05, 0) is 25.5 Å². The van der Waals surface area contributed by atoms with Gasteiger partial charge < -0.3 is 5.32 Å². The molecule has 0 saturated heterocycles. The van der Waals surface area contributed by atoms with Crippen molar-refractivity contribution in [1.29, 1.82) is 0 Å². The van der Waals surface area contributed by atoms with Gasteiger partial charge in [-0.2, -0.15) is 0 Å². The van der Waals surface area contributed by atoms with Crippen LogP contribution in [0.2, 0.25) is 4.34 Å². The van der Waals surface area contributed by atoms with Crippen molar-refractivity contribution in [3.63, 3.8) is 0 Å². The summed E-state index contributed by atoms with van der Waals surface area (Å²) in [4.78, 5) is 12.5. The molecule has 5 heteroatoms. The van der Waals surface area contributed by atoms with Crippen LogP contribution in [0.1, 0.15) is 30.7 Å². The van der Waals surface area contributed by atoms with Gasteiger partial charge in [0.1, 0.15) is 0 Å². The lowest BCUT2D eigenvalue weighted by Crippen LogP contribution is -2.25. The number of rotatable bonds is 5. The van der Waals surface area contributed by atoms with Gasteiger partial charge in [0.05, 0.1) is 10.4 Å². The molecule has 0 fully saturated rings. The molecule has 1 unspecified atom stereocenters. The van der Waals surface area contributed by atoms with Crippen molar-refractivity contribution in [2.24, 2.45) is 0 Å². The van der Waals surface area contributed by atoms with Gasteiger partial charge in [0.2, 0.25) is 5.91 Å². The first-order chi connectivity index (χ1) is 7.13. The zero-order valence-corrected chi connectivity index (χ0v) is 10.8. The van der Waals surface area contributed by atoms with Crippen molar-refractivity contribution in [3.8, 4) is 0 Å². The average molecular weight is 266 g/mol. The highest BCUT2D eigenvalue weighted by Crippen LogP contribution is 2.26. The lowest BCUT2D eigenvalue weighted by molar-refractivity contribution is -0.121. The van der Waals surface area contributed by atoms with Crippen LogP contribution >= 0.6 is 34.5 Å². The number of amides is 1. The Kier molecular flexibility index (Phi) is 5.43. The fourth-order valence-electron chi connectivity index (χ4n) is 1.17. The third-order valence-corrected chi connectivity index (χ3v) is 3.62. The summed E-state index contributed by atoms with van der Waals surface area (Å²) < 4.78 is 0.742. The van der Waals surface area contributed by atoms with Crippen molar-refractivity contribution in [2.75, 3.05) is 5.88 Å². The molecule has 1 aromatic rings. The molecule has 0 aliphatic rings. The van der Waals surface area contributed by atoms with Crippen LogP contribution in [0, 0.1) is 0 Å². The molecule has 0 aliphatic heterocycles. The molecule has 0 aliphatic carbocycles. The summed E-state index contributed by atoms with van der Waals surface area (Å²) in [5, 5.41) is 2.90. The predicted molar refractivity (Wildman–Crippen MR) is 65.8 cm³/mol. The van der Waals surface area contributed by atoms with Gasteiger partial charge in [0.25, 0.3) is 0 Å². The molecule has 2 nitrogen and oxygen atoms in total. The molecular weight excluding hydrogens is 253 g/mol. The number of halogens is 2. The molecule has 1 rings (SSSR count). The summed E-state index contributed by atoms with van der Waals surface area (Å²) in [5.74, 6) is 0.555. The van der Waals surface area contributed by atoms with Crippen LogP contribution in [0.5, 0.6) is 0 Å². The van der Waals surface area contributed by atoms with Gasteiger partial charge in [-0.15, -0.1) is 22.9 Å². The first kappa shape index (κ1) is 12.8. The summed E-state index contributed by atoms with van der Waals surface area (Å²) in [6.07, 6.45) is 1.19. The third-order valence-electron chi connectivity index (χ3n) is 1.94. The molecular formula is C10H13Cl2NOS. The Morgan fingerprint density at radius 1 is 1.60 bits per heavy atom. The number of thiophene rings is 1. The molecule has 0 bridgehead atoms. The van der Waals surface area contributed by atoms with Crippen molar-refractivity contribution in [1.82, 2.24) is 5.32 Å². The molecule has 0 spiro atoms. The number of carbonyl (C=O) groups is 1. The number of hydrogen-bond acceptors (Lipinski definition) is 2. The van der Waals surface area contributed by atoms with Gasteiger partial charge in [-0.1, -0.05) is 11.6 Å². The second kappa shape index (κ2) is 6.36. The van der Waals surface area contributed by atoms with Gasteiger partial charge in [-0.3, -0.25) is 4.79 Å². The number of alkyl halides is 1. The molecule has 15 heavy (non-hydrogen) atoms. The van der Waals surface area contributed by atoms with Crippen LogP contribution in [0.25, 0.3) is 0 Å². The van der Waals surface area contributed by atoms with Crippen molar-refractivity contribution >= 4 is 40.4 Å². The molecule has 1 heterocycles. The highest BCUT2D eigenvalue weighted by molar-refractivity contribution is 7.16. The number of carbonyl (C=O) groups excluding carboxylic acids is 1. The predicted octanol–water partition coefficient (Wildman–Crippen LogP) is 3.60. The highest BCUT2D eigenvalue weighted by atomic mass is 35.5. The molecule has 1 aromatic heterocycles. The fourth-order valence-corrected chi connectivity index (χ4v) is 2.37. The number of hydrogen-bond donors (Lipinski definition) is 1. The van der Waals surface area contributed by atoms with Crippen LogP contribution in [-0.2, 0) is 4.79 Å². The van der Waals surface area contributed by atoms with E-state index in [0.717, 1.165) is 9.21 Å². The van der Waals surface area contributed by atoms with E-state index in [1.54, 1.807) is 0 Å². The van der Waals surface area contributed by atoms with Gasteiger partial charge in [-0.25, -0.2) is 0 Å². The zero-order chi connectivity index (χ0) is 11.3. The molecule has 1 amide bonds. The zero-order valence-electron chi connectivity index (χ0n) is 8.43. The lowest BCUT2D eigenvalue weighted by atomic mass is 10.2. The van der Waals surface area contributed by atoms with Gasteiger partial charge >= 0.3 is 0 Å². The minimum atomic E-state index is 0.0188. The van der Waals surface area contributed by atoms with E-state index in [1.165, 1.54) is 11.3 Å². The molecule has 0 aromatic carbocycles. The number of nitrogens with one attached hydrogen (secondary N) is 1. The largest absolute Gasteiger partial charge is 0.349 e. The third kappa shape index (κ3) is 4.41. The normalized spacial score (nSPS) is 12.5. The van der Waals surface area contributed by atoms with Crippen molar-refractivity contribution in [3.05, 3.63) is 21.3 Å². The van der Waals surface area contributed by atoms with Crippen LogP contribution in [-0.4, -0.2) is 11.8 Å². The fraction of sp³-hybridized carbons (Fsp3) is 0.500. The van der Waals surface area contributed by atoms with E-state index in [-0.39, 0.29) is 11.9 Å². The van der Waals surface area contributed by atoms with E-state index < -0.39 is 0 Å². The second-order valence-corrected chi connectivity index (χ2v) is 5.35. The van der Waals surface area contributed by atoms with E-state index in [9.17, 15) is 4.79 Å². The maximum Gasteiger partial charge on any atom is 0.220 e. The Hall–Kier alpha value is -0.250. The summed E-state index contributed by atoms with van der Waals surface area (Å²) in [6, 6.07) is 3.79. The second-order valence-electron chi connectivity index (χ2n) is 3.22. The van der Waals surface area contributed by atoms with Crippen LogP contribution in [0.4, 0.5) is 0 Å². The van der Waals surface area contributed by atoms with Gasteiger partial charge in [0, 0.05) is 17.2 Å². The van der Waals surface area contributed by atoms with Crippen LogP contribution in [0.3, 0.4) is 0 Å². The van der Waals surface area contributed by atoms with Crippen molar-refractivity contribution in [2.45, 2.75) is 25.8 Å². The maximum absolute atomic E-state index is 11.4. The van der Waals surface area contributed by atoms with E-state index in [0.29, 0.717) is 18.7 Å². The summed E-state index contributed by atoms with van der Waals surface area (Å²) in [7, 11) is 0. The average Bonchev–Trinajstić information content (AvgIpc) is 2.61. The first-order valence-electron chi connectivity index (χ1n) is 4.74. The molecule has 0 saturated carbocycles. The first-order valence-corrected chi connectivity index (χ1v) is 6.47. The van der Waals surface area contributed by atoms with Gasteiger partial charge in [0.15, 0.2) is 0 Å². The Morgan fingerprint density at radius 3 is 2.87 bits per heavy atom. The Labute approximate surface area is 104 Å². The quantitative estimate of drug-likeness (QED) is 0.810. The Balaban J connectivity index is 2.41. The smallest absolute Gasteiger partial charge is 0.220 e. The minimum Gasteiger partial charge on any atom is -0.349 e. The van der Waals surface area contributed by atoms with E-state index >= 15 is 0 Å². The monoisotopic (exact) mass is 265 g/mol. The van der Waals surface area contributed by atoms with Crippen molar-refractivity contribution < 1.29 is 4.79 Å². The summed E-state index contributed by atoms with van der Waals surface area (Å²) in [6.45, 7) is 1.95. The topological polar surface area (TPSA) is 29.1 Å². The van der Waals surface area contributed by atoms with Crippen LogP contribution < -0.4 is 5.32 Å². The highest BCUT2D eigenvalue weighted by Gasteiger charge is 2.10. The maximum atomic E-state index is 11.4. The molecule has 0 radical (unpaired) electrons. The molecule has 84 valence electrons.